The highest BCUT2D eigenvalue weighted by atomic mass is 16.6. The number of nitro benzene ring substituents is 1. The number of piperidine rings is 1. The maximum absolute atomic E-state index is 12.0. The van der Waals surface area contributed by atoms with E-state index in [2.05, 4.69) is 10.6 Å². The van der Waals surface area contributed by atoms with Crippen molar-refractivity contribution >= 4 is 17.3 Å². The van der Waals surface area contributed by atoms with Crippen LogP contribution in [-0.4, -0.2) is 23.9 Å². The summed E-state index contributed by atoms with van der Waals surface area (Å²) in [4.78, 5) is 22.5. The first-order chi connectivity index (χ1) is 10.1. The number of benzene rings is 1. The van der Waals surface area contributed by atoms with Crippen LogP contribution in [0.3, 0.4) is 0 Å². The van der Waals surface area contributed by atoms with E-state index < -0.39 is 4.92 Å². The highest BCUT2D eigenvalue weighted by molar-refractivity contribution is 5.93. The number of aryl methyl sites for hydroxylation is 1. The average Bonchev–Trinajstić information content (AvgIpc) is 2.46. The summed E-state index contributed by atoms with van der Waals surface area (Å²) in [5.74, 6) is 0.423. The van der Waals surface area contributed by atoms with Gasteiger partial charge in [-0.05, 0) is 56.8 Å². The van der Waals surface area contributed by atoms with Gasteiger partial charge in [0.1, 0.15) is 5.69 Å². The smallest absolute Gasteiger partial charge is 0.292 e. The summed E-state index contributed by atoms with van der Waals surface area (Å²) < 4.78 is 0. The van der Waals surface area contributed by atoms with Crippen molar-refractivity contribution in [3.05, 3.63) is 33.9 Å². The molecule has 0 saturated carbocycles. The van der Waals surface area contributed by atoms with E-state index in [4.69, 9.17) is 0 Å². The van der Waals surface area contributed by atoms with Gasteiger partial charge in [0.05, 0.1) is 4.92 Å². The summed E-state index contributed by atoms with van der Waals surface area (Å²) in [6, 6.07) is 4.74. The summed E-state index contributed by atoms with van der Waals surface area (Å²) in [5.41, 5.74) is 1.11. The van der Waals surface area contributed by atoms with Gasteiger partial charge in [0.2, 0.25) is 5.91 Å². The monoisotopic (exact) mass is 291 g/mol. The van der Waals surface area contributed by atoms with Gasteiger partial charge in [-0.2, -0.15) is 0 Å². The lowest BCUT2D eigenvalue weighted by Crippen LogP contribution is -2.28. The van der Waals surface area contributed by atoms with Gasteiger partial charge in [-0.15, -0.1) is 0 Å². The van der Waals surface area contributed by atoms with E-state index in [1.165, 1.54) is 6.07 Å². The second-order valence-electron chi connectivity index (χ2n) is 5.56. The SMILES string of the molecule is Cc1ccc([N+](=O)[O-])c(NC(=O)CCC2CCNCC2)c1. The van der Waals surface area contributed by atoms with E-state index in [0.717, 1.165) is 37.9 Å². The third-order valence-electron chi connectivity index (χ3n) is 3.86. The molecular formula is C15H21N3O3. The number of nitrogens with one attached hydrogen (secondary N) is 2. The Balaban J connectivity index is 1.92. The van der Waals surface area contributed by atoms with Gasteiger partial charge in [0.25, 0.3) is 5.69 Å². The molecule has 1 aromatic rings. The number of anilines is 1. The van der Waals surface area contributed by atoms with Crippen LogP contribution < -0.4 is 10.6 Å². The standard InChI is InChI=1S/C15H21N3O3/c1-11-2-4-14(18(20)21)13(10-11)17-15(19)5-3-12-6-8-16-9-7-12/h2,4,10,12,16H,3,5-9H2,1H3,(H,17,19). The molecule has 1 saturated heterocycles. The molecule has 1 fully saturated rings. The molecule has 0 atom stereocenters. The van der Waals surface area contributed by atoms with Crippen molar-refractivity contribution in [2.75, 3.05) is 18.4 Å². The Morgan fingerprint density at radius 2 is 2.14 bits per heavy atom. The number of rotatable bonds is 5. The van der Waals surface area contributed by atoms with E-state index in [1.807, 2.05) is 6.92 Å². The first-order valence-electron chi connectivity index (χ1n) is 7.32. The minimum absolute atomic E-state index is 0.0594. The average molecular weight is 291 g/mol. The fraction of sp³-hybridized carbons (Fsp3) is 0.533. The summed E-state index contributed by atoms with van der Waals surface area (Å²) in [7, 11) is 0. The van der Waals surface area contributed by atoms with Crippen LogP contribution in [0, 0.1) is 23.0 Å². The third-order valence-corrected chi connectivity index (χ3v) is 3.86. The van der Waals surface area contributed by atoms with Crippen molar-refractivity contribution in [1.29, 1.82) is 0 Å². The van der Waals surface area contributed by atoms with Crippen LogP contribution in [0.2, 0.25) is 0 Å². The predicted molar refractivity (Wildman–Crippen MR) is 81.3 cm³/mol. The van der Waals surface area contributed by atoms with Crippen molar-refractivity contribution < 1.29 is 9.72 Å². The molecule has 0 bridgehead atoms. The van der Waals surface area contributed by atoms with Crippen LogP contribution in [0.5, 0.6) is 0 Å². The fourth-order valence-electron chi connectivity index (χ4n) is 2.63. The number of nitro groups is 1. The van der Waals surface area contributed by atoms with Gasteiger partial charge in [-0.3, -0.25) is 14.9 Å². The number of carbonyl (C=O) groups excluding carboxylic acids is 1. The first kappa shape index (κ1) is 15.4. The molecule has 0 radical (unpaired) electrons. The van der Waals surface area contributed by atoms with E-state index in [-0.39, 0.29) is 17.3 Å². The highest BCUT2D eigenvalue weighted by Gasteiger charge is 2.18. The fourth-order valence-corrected chi connectivity index (χ4v) is 2.63. The quantitative estimate of drug-likeness (QED) is 0.645. The molecule has 21 heavy (non-hydrogen) atoms. The van der Waals surface area contributed by atoms with Crippen molar-refractivity contribution in [2.45, 2.75) is 32.6 Å². The molecule has 6 nitrogen and oxygen atoms in total. The molecular weight excluding hydrogens is 270 g/mol. The molecule has 0 spiro atoms. The van der Waals surface area contributed by atoms with Crippen LogP contribution >= 0.6 is 0 Å². The summed E-state index contributed by atoms with van der Waals surface area (Å²) in [6.45, 7) is 3.86. The second kappa shape index (κ2) is 7.17. The zero-order valence-electron chi connectivity index (χ0n) is 12.2. The molecule has 2 rings (SSSR count). The molecule has 1 aromatic carbocycles. The van der Waals surface area contributed by atoms with Gasteiger partial charge < -0.3 is 10.6 Å². The Morgan fingerprint density at radius 3 is 2.81 bits per heavy atom. The maximum Gasteiger partial charge on any atom is 0.292 e. The van der Waals surface area contributed by atoms with Gasteiger partial charge in [0, 0.05) is 12.5 Å². The van der Waals surface area contributed by atoms with Crippen LogP contribution in [0.15, 0.2) is 18.2 Å². The Hall–Kier alpha value is -1.95. The van der Waals surface area contributed by atoms with Crippen molar-refractivity contribution in [3.8, 4) is 0 Å². The molecule has 1 aliphatic heterocycles. The van der Waals surface area contributed by atoms with E-state index in [0.29, 0.717) is 12.3 Å². The maximum atomic E-state index is 12.0. The molecule has 2 N–H and O–H groups in total. The van der Waals surface area contributed by atoms with Crippen LogP contribution in [-0.2, 0) is 4.79 Å². The Kier molecular flexibility index (Phi) is 5.27. The minimum Gasteiger partial charge on any atom is -0.320 e. The van der Waals surface area contributed by atoms with Crippen molar-refractivity contribution in [3.63, 3.8) is 0 Å². The molecule has 1 aliphatic rings. The molecule has 1 heterocycles. The van der Waals surface area contributed by atoms with Gasteiger partial charge >= 0.3 is 0 Å². The lowest BCUT2D eigenvalue weighted by atomic mass is 9.93. The van der Waals surface area contributed by atoms with Crippen molar-refractivity contribution in [1.82, 2.24) is 5.32 Å². The lowest BCUT2D eigenvalue weighted by Gasteiger charge is -2.22. The van der Waals surface area contributed by atoms with Crippen molar-refractivity contribution in [2.24, 2.45) is 5.92 Å². The van der Waals surface area contributed by atoms with Crippen LogP contribution in [0.25, 0.3) is 0 Å². The zero-order chi connectivity index (χ0) is 15.2. The van der Waals surface area contributed by atoms with Crippen LogP contribution in [0.4, 0.5) is 11.4 Å². The Morgan fingerprint density at radius 1 is 1.43 bits per heavy atom. The van der Waals surface area contributed by atoms with E-state index in [1.54, 1.807) is 12.1 Å². The molecule has 114 valence electrons. The van der Waals surface area contributed by atoms with Gasteiger partial charge in [-0.25, -0.2) is 0 Å². The van der Waals surface area contributed by atoms with E-state index >= 15 is 0 Å². The number of nitrogens with zero attached hydrogens (tertiary/aromatic N) is 1. The first-order valence-corrected chi connectivity index (χ1v) is 7.32. The summed E-state index contributed by atoms with van der Waals surface area (Å²) >= 11 is 0. The predicted octanol–water partition coefficient (Wildman–Crippen LogP) is 2.62. The molecule has 0 aliphatic carbocycles. The topological polar surface area (TPSA) is 84.3 Å². The van der Waals surface area contributed by atoms with Gasteiger partial charge in [-0.1, -0.05) is 6.07 Å². The number of amides is 1. The highest BCUT2D eigenvalue weighted by Crippen LogP contribution is 2.26. The molecule has 6 heteroatoms. The van der Waals surface area contributed by atoms with E-state index in [9.17, 15) is 14.9 Å². The number of hydrogen-bond donors (Lipinski definition) is 2. The Bertz CT molecular complexity index is 525. The molecule has 0 aromatic heterocycles. The van der Waals surface area contributed by atoms with Gasteiger partial charge in [0.15, 0.2) is 0 Å². The summed E-state index contributed by atoms with van der Waals surface area (Å²) in [6.07, 6.45) is 3.44. The summed E-state index contributed by atoms with van der Waals surface area (Å²) in [5, 5.41) is 16.9. The molecule has 1 amide bonds. The third kappa shape index (κ3) is 4.53. The largest absolute Gasteiger partial charge is 0.320 e. The normalized spacial score (nSPS) is 15.7. The minimum atomic E-state index is -0.470. The second-order valence-corrected chi connectivity index (χ2v) is 5.56. The van der Waals surface area contributed by atoms with Crippen LogP contribution in [0.1, 0.15) is 31.2 Å². The lowest BCUT2D eigenvalue weighted by molar-refractivity contribution is -0.383. The zero-order valence-corrected chi connectivity index (χ0v) is 12.2. The molecule has 0 unspecified atom stereocenters. The number of hydrogen-bond acceptors (Lipinski definition) is 4. The number of carbonyl (C=O) groups is 1. The Labute approximate surface area is 124 Å².